The number of rotatable bonds is 9. The molecule has 3 unspecified atom stereocenters. The normalized spacial score (nSPS) is 14.3. The number of hydrogen-bond donors (Lipinski definition) is 5. The van der Waals surface area contributed by atoms with Crippen molar-refractivity contribution in [2.45, 2.75) is 38.0 Å². The van der Waals surface area contributed by atoms with Crippen LogP contribution in [0.4, 0.5) is 4.79 Å². The molecular weight excluding hydrogens is 316 g/mol. The van der Waals surface area contributed by atoms with Gasteiger partial charge in [0.15, 0.2) is 5.78 Å². The maximum Gasteiger partial charge on any atom is 0.405 e. The zero-order valence-corrected chi connectivity index (χ0v) is 13.3. The number of ketones is 1. The summed E-state index contributed by atoms with van der Waals surface area (Å²) in [6.07, 6.45) is -2.01. The minimum absolute atomic E-state index is 0.245. The Morgan fingerprint density at radius 1 is 1.12 bits per heavy atom. The molecule has 3 atom stereocenters. The molecule has 1 aromatic carbocycles. The highest BCUT2D eigenvalue weighted by molar-refractivity contribution is 5.92. The van der Waals surface area contributed by atoms with Gasteiger partial charge in [0.2, 0.25) is 5.91 Å². The van der Waals surface area contributed by atoms with E-state index in [1.807, 2.05) is 35.6 Å². The van der Waals surface area contributed by atoms with Crippen molar-refractivity contribution in [3.8, 4) is 0 Å². The van der Waals surface area contributed by atoms with Crippen molar-refractivity contribution in [1.29, 1.82) is 0 Å². The lowest BCUT2D eigenvalue weighted by Crippen LogP contribution is -2.55. The van der Waals surface area contributed by atoms with Gasteiger partial charge in [-0.3, -0.25) is 9.59 Å². The Morgan fingerprint density at radius 3 is 2.25 bits per heavy atom. The predicted molar refractivity (Wildman–Crippen MR) is 85.4 cm³/mol. The Kier molecular flexibility index (Phi) is 7.87. The smallest absolute Gasteiger partial charge is 0.405 e. The Hall–Kier alpha value is -2.45. The van der Waals surface area contributed by atoms with Crippen molar-refractivity contribution < 1.29 is 29.7 Å². The number of carbonyl (C=O) groups excluding carboxylic acids is 2. The largest absolute Gasteiger partial charge is 0.465 e. The molecule has 2 amide bonds. The number of aliphatic hydroxyl groups is 2. The molecule has 0 aliphatic heterocycles. The average molecular weight is 338 g/mol. The Morgan fingerprint density at radius 2 is 1.75 bits per heavy atom. The van der Waals surface area contributed by atoms with Crippen LogP contribution < -0.4 is 10.6 Å². The van der Waals surface area contributed by atoms with Gasteiger partial charge in [0.05, 0.1) is 12.1 Å². The molecule has 1 rings (SSSR count). The first-order chi connectivity index (χ1) is 11.3. The predicted octanol–water partition coefficient (Wildman–Crippen LogP) is -0.318. The van der Waals surface area contributed by atoms with Crippen molar-refractivity contribution >= 4 is 17.8 Å². The number of benzene rings is 1. The van der Waals surface area contributed by atoms with Gasteiger partial charge >= 0.3 is 6.09 Å². The molecule has 0 bridgehead atoms. The van der Waals surface area contributed by atoms with E-state index >= 15 is 0 Å². The zero-order chi connectivity index (χ0) is 18.1. The van der Waals surface area contributed by atoms with E-state index in [1.165, 1.54) is 6.92 Å². The molecule has 0 spiro atoms. The fourth-order valence-electron chi connectivity index (χ4n) is 2.18. The lowest BCUT2D eigenvalue weighted by molar-refractivity contribution is -0.131. The fourth-order valence-corrected chi connectivity index (χ4v) is 2.18. The molecule has 0 saturated heterocycles. The van der Waals surface area contributed by atoms with Crippen molar-refractivity contribution in [3.05, 3.63) is 35.9 Å². The lowest BCUT2D eigenvalue weighted by Gasteiger charge is -2.23. The van der Waals surface area contributed by atoms with Gasteiger partial charge in [0.1, 0.15) is 12.6 Å². The summed E-state index contributed by atoms with van der Waals surface area (Å²) in [6.45, 7) is 0.512. The third-order valence-electron chi connectivity index (χ3n) is 3.47. The first-order valence-electron chi connectivity index (χ1n) is 7.50. The maximum atomic E-state index is 12.1. The number of amides is 2. The second-order valence-electron chi connectivity index (χ2n) is 5.38. The summed E-state index contributed by atoms with van der Waals surface area (Å²) in [4.78, 5) is 34.6. The number of carbonyl (C=O) groups is 3. The molecule has 0 fully saturated rings. The summed E-state index contributed by atoms with van der Waals surface area (Å²) < 4.78 is 0. The van der Waals surface area contributed by atoms with E-state index in [9.17, 15) is 19.5 Å². The van der Waals surface area contributed by atoms with Crippen LogP contribution in [0.15, 0.2) is 30.3 Å². The summed E-state index contributed by atoms with van der Waals surface area (Å²) in [6, 6.07) is 6.90. The highest BCUT2D eigenvalue weighted by Crippen LogP contribution is 2.07. The van der Waals surface area contributed by atoms with Crippen LogP contribution >= 0.6 is 0 Å². The van der Waals surface area contributed by atoms with Crippen LogP contribution in [0.2, 0.25) is 0 Å². The van der Waals surface area contributed by atoms with Crippen molar-refractivity contribution in [2.75, 3.05) is 6.61 Å². The van der Waals surface area contributed by atoms with Gasteiger partial charge < -0.3 is 26.0 Å². The molecule has 0 aliphatic carbocycles. The average Bonchev–Trinajstić information content (AvgIpc) is 2.56. The molecule has 0 saturated carbocycles. The zero-order valence-electron chi connectivity index (χ0n) is 13.3. The second kappa shape index (κ2) is 9.64. The molecule has 8 nitrogen and oxygen atoms in total. The van der Waals surface area contributed by atoms with Gasteiger partial charge in [-0.15, -0.1) is 0 Å². The fraction of sp³-hybridized carbons (Fsp3) is 0.438. The molecular formula is C16H22N2O6. The molecule has 24 heavy (non-hydrogen) atoms. The van der Waals surface area contributed by atoms with E-state index in [0.29, 0.717) is 6.42 Å². The summed E-state index contributed by atoms with van der Waals surface area (Å²) >= 11 is 0. The first-order valence-corrected chi connectivity index (χ1v) is 7.50. The van der Waals surface area contributed by atoms with Gasteiger partial charge in [-0.25, -0.2) is 4.79 Å². The number of nitrogens with one attached hydrogen (secondary N) is 2. The first kappa shape index (κ1) is 19.6. The third-order valence-corrected chi connectivity index (χ3v) is 3.47. The second-order valence-corrected chi connectivity index (χ2v) is 5.38. The van der Waals surface area contributed by atoms with Crippen LogP contribution in [0, 0.1) is 0 Å². The Bertz CT molecular complexity index is 561. The number of hydrogen-bond acceptors (Lipinski definition) is 5. The molecule has 0 aromatic heterocycles. The van der Waals surface area contributed by atoms with E-state index in [2.05, 4.69) is 5.32 Å². The standard InChI is InChI=1S/C16H22N2O6/c1-10(20)14(18-16(23)24)15(22)17-12(13(21)9-19)8-7-11-5-3-2-4-6-11/h2-6,10,12,14,18-20H,7-9H2,1H3,(H,17,22)(H,23,24). The number of carboxylic acid groups (broad SMARTS) is 1. The van der Waals surface area contributed by atoms with E-state index in [-0.39, 0.29) is 6.42 Å². The summed E-state index contributed by atoms with van der Waals surface area (Å²) in [5.74, 6) is -1.41. The van der Waals surface area contributed by atoms with Crippen LogP contribution in [0.3, 0.4) is 0 Å². The Labute approximate surface area is 139 Å². The van der Waals surface area contributed by atoms with Crippen molar-refractivity contribution in [1.82, 2.24) is 10.6 Å². The topological polar surface area (TPSA) is 136 Å². The minimum atomic E-state index is -1.47. The molecule has 1 aromatic rings. The van der Waals surface area contributed by atoms with Gasteiger partial charge in [0, 0.05) is 0 Å². The van der Waals surface area contributed by atoms with E-state index < -0.39 is 42.6 Å². The molecule has 5 N–H and O–H groups in total. The van der Waals surface area contributed by atoms with Crippen molar-refractivity contribution in [3.63, 3.8) is 0 Å². The summed E-state index contributed by atoms with van der Waals surface area (Å²) in [7, 11) is 0. The van der Waals surface area contributed by atoms with Crippen LogP contribution in [0.25, 0.3) is 0 Å². The quantitative estimate of drug-likeness (QED) is 0.419. The van der Waals surface area contributed by atoms with Crippen LogP contribution in [-0.4, -0.2) is 57.9 Å². The van der Waals surface area contributed by atoms with E-state index in [4.69, 9.17) is 10.2 Å². The maximum absolute atomic E-state index is 12.1. The van der Waals surface area contributed by atoms with Gasteiger partial charge in [-0.2, -0.15) is 0 Å². The van der Waals surface area contributed by atoms with Crippen molar-refractivity contribution in [2.24, 2.45) is 0 Å². The molecule has 8 heteroatoms. The highest BCUT2D eigenvalue weighted by Gasteiger charge is 2.29. The van der Waals surface area contributed by atoms with Gasteiger partial charge in [-0.1, -0.05) is 30.3 Å². The highest BCUT2D eigenvalue weighted by atomic mass is 16.4. The number of Topliss-reactive ketones (excluding diaryl/α,β-unsaturated/α-hetero) is 1. The van der Waals surface area contributed by atoms with Gasteiger partial charge in [-0.05, 0) is 25.3 Å². The SMILES string of the molecule is CC(O)C(NC(=O)O)C(=O)NC(CCc1ccccc1)C(=O)CO. The van der Waals surface area contributed by atoms with Crippen LogP contribution in [0.5, 0.6) is 0 Å². The lowest BCUT2D eigenvalue weighted by atomic mass is 10.0. The molecule has 132 valence electrons. The van der Waals surface area contributed by atoms with E-state index in [0.717, 1.165) is 5.56 Å². The van der Waals surface area contributed by atoms with Crippen LogP contribution in [0.1, 0.15) is 18.9 Å². The minimum Gasteiger partial charge on any atom is -0.465 e. The molecule has 0 heterocycles. The third kappa shape index (κ3) is 6.35. The van der Waals surface area contributed by atoms with Crippen LogP contribution in [-0.2, 0) is 16.0 Å². The Balaban J connectivity index is 2.75. The summed E-state index contributed by atoms with van der Waals surface area (Å²) in [5.41, 5.74) is 0.957. The number of aliphatic hydroxyl groups excluding tert-OH is 2. The molecule has 0 radical (unpaired) electrons. The molecule has 0 aliphatic rings. The van der Waals surface area contributed by atoms with Gasteiger partial charge in [0.25, 0.3) is 0 Å². The monoisotopic (exact) mass is 338 g/mol. The summed E-state index contributed by atoms with van der Waals surface area (Å²) in [5, 5.41) is 31.6. The van der Waals surface area contributed by atoms with E-state index in [1.54, 1.807) is 0 Å². The number of aryl methyl sites for hydroxylation is 1.